The van der Waals surface area contributed by atoms with Crippen molar-refractivity contribution in [2.24, 2.45) is 0 Å². The Balaban J connectivity index is 2.13. The molecule has 27 heavy (non-hydrogen) atoms. The molecule has 2 heteroatoms. The van der Waals surface area contributed by atoms with E-state index in [9.17, 15) is 5.26 Å². The van der Waals surface area contributed by atoms with E-state index in [1.807, 2.05) is 36.4 Å². The third kappa shape index (κ3) is 3.65. The lowest BCUT2D eigenvalue weighted by Gasteiger charge is -2.50. The Labute approximate surface area is 164 Å². The first-order chi connectivity index (χ1) is 12.7. The topological polar surface area (TPSA) is 27.0 Å². The minimum atomic E-state index is 0.145. The predicted octanol–water partition coefficient (Wildman–Crippen LogP) is 6.56. The van der Waals surface area contributed by atoms with Crippen LogP contribution in [0.25, 0.3) is 11.6 Å². The van der Waals surface area contributed by atoms with Crippen molar-refractivity contribution >= 4 is 17.3 Å². The van der Waals surface area contributed by atoms with Crippen LogP contribution in [0.1, 0.15) is 69.2 Å². The zero-order chi connectivity index (χ0) is 19.8. The largest absolute Gasteiger partial charge is 0.364 e. The number of hydrogen-bond donors (Lipinski definition) is 0. The van der Waals surface area contributed by atoms with E-state index in [2.05, 4.69) is 64.6 Å². The summed E-state index contributed by atoms with van der Waals surface area (Å²) in [5.74, 6) is 0.500. The molecule has 0 saturated heterocycles. The molecule has 2 aromatic carbocycles. The Bertz CT molecular complexity index is 898. The highest BCUT2D eigenvalue weighted by atomic mass is 15.2. The van der Waals surface area contributed by atoms with Gasteiger partial charge in [-0.3, -0.25) is 0 Å². The highest BCUT2D eigenvalue weighted by Crippen LogP contribution is 2.45. The normalized spacial score (nSPS) is 19.0. The number of allylic oxidation sites excluding steroid dienone is 1. The number of benzene rings is 2. The van der Waals surface area contributed by atoms with Gasteiger partial charge in [-0.15, -0.1) is 0 Å². The fourth-order valence-electron chi connectivity index (χ4n) is 4.70. The molecule has 0 aromatic heterocycles. The quantitative estimate of drug-likeness (QED) is 0.459. The molecule has 1 atom stereocenters. The van der Waals surface area contributed by atoms with Crippen LogP contribution < -0.4 is 4.90 Å². The summed E-state index contributed by atoms with van der Waals surface area (Å²) in [6.07, 6.45) is 3.17. The van der Waals surface area contributed by atoms with Gasteiger partial charge in [0, 0.05) is 17.3 Å². The van der Waals surface area contributed by atoms with Crippen LogP contribution >= 0.6 is 0 Å². The van der Waals surface area contributed by atoms with Gasteiger partial charge in [0.15, 0.2) is 0 Å². The van der Waals surface area contributed by atoms with Gasteiger partial charge in [0.1, 0.15) is 0 Å². The predicted molar refractivity (Wildman–Crippen MR) is 116 cm³/mol. The molecule has 1 aliphatic heterocycles. The molecular weight excluding hydrogens is 328 g/mol. The van der Waals surface area contributed by atoms with Crippen molar-refractivity contribution in [3.63, 3.8) is 0 Å². The van der Waals surface area contributed by atoms with Gasteiger partial charge in [0.05, 0.1) is 11.6 Å². The van der Waals surface area contributed by atoms with Crippen LogP contribution in [-0.4, -0.2) is 11.6 Å². The van der Waals surface area contributed by atoms with Crippen LogP contribution in [0, 0.1) is 18.3 Å². The molecule has 2 aromatic rings. The molecule has 0 radical (unpaired) electrons. The molecule has 0 saturated carbocycles. The second kappa shape index (κ2) is 7.24. The van der Waals surface area contributed by atoms with Gasteiger partial charge in [0.2, 0.25) is 0 Å². The Morgan fingerprint density at radius 1 is 1.22 bits per heavy atom. The third-order valence-corrected chi connectivity index (χ3v) is 5.69. The number of nitriles is 1. The van der Waals surface area contributed by atoms with Crippen LogP contribution in [0.2, 0.25) is 0 Å². The first-order valence-electron chi connectivity index (χ1n) is 9.85. The van der Waals surface area contributed by atoms with Gasteiger partial charge in [-0.1, -0.05) is 37.3 Å². The van der Waals surface area contributed by atoms with Crippen molar-refractivity contribution in [3.05, 3.63) is 64.7 Å². The van der Waals surface area contributed by atoms with Crippen molar-refractivity contribution < 1.29 is 0 Å². The summed E-state index contributed by atoms with van der Waals surface area (Å²) in [4.78, 5) is 2.56. The smallest absolute Gasteiger partial charge is 0.0998 e. The molecule has 0 bridgehead atoms. The fraction of sp³-hybridized carbons (Fsp3) is 0.400. The first-order valence-corrected chi connectivity index (χ1v) is 9.85. The second-order valence-corrected chi connectivity index (χ2v) is 8.68. The van der Waals surface area contributed by atoms with Gasteiger partial charge in [-0.25, -0.2) is 0 Å². The summed E-state index contributed by atoms with van der Waals surface area (Å²) in [7, 11) is 0. The Morgan fingerprint density at radius 2 is 1.89 bits per heavy atom. The fourth-order valence-corrected chi connectivity index (χ4v) is 4.70. The zero-order valence-electron chi connectivity index (χ0n) is 17.4. The van der Waals surface area contributed by atoms with E-state index in [1.165, 1.54) is 16.8 Å². The third-order valence-electron chi connectivity index (χ3n) is 5.69. The van der Waals surface area contributed by atoms with E-state index in [1.54, 1.807) is 0 Å². The lowest BCUT2D eigenvalue weighted by molar-refractivity contribution is 0.356. The number of anilines is 1. The number of fused-ring (bicyclic) bond motifs is 1. The summed E-state index contributed by atoms with van der Waals surface area (Å²) < 4.78 is 0. The van der Waals surface area contributed by atoms with Gasteiger partial charge in [0.25, 0.3) is 0 Å². The molecule has 0 spiro atoms. The molecule has 3 rings (SSSR count). The van der Waals surface area contributed by atoms with Gasteiger partial charge >= 0.3 is 0 Å². The monoisotopic (exact) mass is 358 g/mol. The van der Waals surface area contributed by atoms with E-state index in [4.69, 9.17) is 0 Å². The molecule has 1 heterocycles. The Hall–Kier alpha value is -2.53. The average molecular weight is 359 g/mol. The summed E-state index contributed by atoms with van der Waals surface area (Å²) in [5, 5.41) is 9.68. The van der Waals surface area contributed by atoms with E-state index in [0.29, 0.717) is 17.5 Å². The lowest BCUT2D eigenvalue weighted by Crippen LogP contribution is -2.51. The number of aryl methyl sites for hydroxylation is 1. The molecule has 0 aliphatic carbocycles. The molecule has 0 N–H and O–H groups in total. The van der Waals surface area contributed by atoms with E-state index < -0.39 is 0 Å². The Kier molecular flexibility index (Phi) is 5.16. The molecular formula is C25H30N2. The Morgan fingerprint density at radius 3 is 2.48 bits per heavy atom. The SMILES string of the molecule is Cc1cc2c(cc1/C=C(\C#N)c1ccccc1)[C@H](C)CC(C)(C)N2C(C)C. The molecule has 0 amide bonds. The summed E-state index contributed by atoms with van der Waals surface area (Å²) in [5.41, 5.74) is 6.93. The van der Waals surface area contributed by atoms with Crippen LogP contribution in [0.15, 0.2) is 42.5 Å². The van der Waals surface area contributed by atoms with Crippen LogP contribution in [0.3, 0.4) is 0 Å². The minimum Gasteiger partial charge on any atom is -0.364 e. The minimum absolute atomic E-state index is 0.145. The van der Waals surface area contributed by atoms with Crippen molar-refractivity contribution in [2.75, 3.05) is 4.90 Å². The summed E-state index contributed by atoms with van der Waals surface area (Å²) >= 11 is 0. The summed E-state index contributed by atoms with van der Waals surface area (Å²) in [6, 6.07) is 17.4. The van der Waals surface area contributed by atoms with E-state index in [0.717, 1.165) is 17.5 Å². The lowest BCUT2D eigenvalue weighted by atomic mass is 9.78. The van der Waals surface area contributed by atoms with Crippen molar-refractivity contribution in [1.29, 1.82) is 5.26 Å². The van der Waals surface area contributed by atoms with Crippen LogP contribution in [-0.2, 0) is 0 Å². The highest BCUT2D eigenvalue weighted by molar-refractivity contribution is 5.90. The highest BCUT2D eigenvalue weighted by Gasteiger charge is 2.37. The average Bonchev–Trinajstić information content (AvgIpc) is 2.60. The van der Waals surface area contributed by atoms with Crippen molar-refractivity contribution in [3.8, 4) is 6.07 Å². The molecule has 0 fully saturated rings. The molecule has 2 nitrogen and oxygen atoms in total. The number of hydrogen-bond acceptors (Lipinski definition) is 2. The standard InChI is InChI=1S/C25H30N2/c1-17(2)27-24-12-18(3)21(14-23(24)19(4)15-25(27,5)6)13-22(16-26)20-10-8-7-9-11-20/h7-14,17,19H,15H2,1-6H3/b22-13+/t19-/m1/s1. The maximum atomic E-state index is 9.68. The van der Waals surface area contributed by atoms with Crippen molar-refractivity contribution in [1.82, 2.24) is 0 Å². The van der Waals surface area contributed by atoms with E-state index >= 15 is 0 Å². The second-order valence-electron chi connectivity index (χ2n) is 8.68. The van der Waals surface area contributed by atoms with Gasteiger partial charge in [-0.2, -0.15) is 5.26 Å². The molecule has 0 unspecified atom stereocenters. The maximum absolute atomic E-state index is 9.68. The van der Waals surface area contributed by atoms with Gasteiger partial charge < -0.3 is 4.90 Å². The molecule has 140 valence electrons. The number of nitrogens with zero attached hydrogens (tertiary/aromatic N) is 2. The van der Waals surface area contributed by atoms with Gasteiger partial charge in [-0.05, 0) is 87.4 Å². The van der Waals surface area contributed by atoms with Crippen LogP contribution in [0.4, 0.5) is 5.69 Å². The zero-order valence-corrected chi connectivity index (χ0v) is 17.4. The first kappa shape index (κ1) is 19.2. The van der Waals surface area contributed by atoms with E-state index in [-0.39, 0.29) is 5.54 Å². The van der Waals surface area contributed by atoms with Crippen molar-refractivity contribution in [2.45, 2.75) is 65.5 Å². The number of rotatable bonds is 3. The molecule has 1 aliphatic rings. The maximum Gasteiger partial charge on any atom is 0.0998 e. The summed E-state index contributed by atoms with van der Waals surface area (Å²) in [6.45, 7) is 13.7. The van der Waals surface area contributed by atoms with Crippen LogP contribution in [0.5, 0.6) is 0 Å².